The largest absolute Gasteiger partial charge is 0.493 e. The second-order valence-electron chi connectivity index (χ2n) is 6.57. The number of nitrogens with one attached hydrogen (secondary N) is 1. The predicted octanol–water partition coefficient (Wildman–Crippen LogP) is 4.70. The molecular formula is C21H26BrNO4. The highest BCUT2D eigenvalue weighted by Gasteiger charge is 2.15. The van der Waals surface area contributed by atoms with E-state index in [0.29, 0.717) is 37.4 Å². The summed E-state index contributed by atoms with van der Waals surface area (Å²) >= 11 is 3.62. The van der Waals surface area contributed by atoms with Crippen molar-refractivity contribution >= 4 is 15.9 Å². The summed E-state index contributed by atoms with van der Waals surface area (Å²) in [5.41, 5.74) is 2.15. The van der Waals surface area contributed by atoms with Crippen LogP contribution in [0.1, 0.15) is 31.4 Å². The van der Waals surface area contributed by atoms with Gasteiger partial charge in [0.05, 0.1) is 11.6 Å². The molecule has 0 bridgehead atoms. The van der Waals surface area contributed by atoms with Crippen molar-refractivity contribution in [2.75, 3.05) is 20.3 Å². The van der Waals surface area contributed by atoms with E-state index in [1.807, 2.05) is 24.3 Å². The third kappa shape index (κ3) is 5.08. The van der Waals surface area contributed by atoms with E-state index in [9.17, 15) is 0 Å². The van der Waals surface area contributed by atoms with Crippen LogP contribution >= 0.6 is 15.9 Å². The van der Waals surface area contributed by atoms with E-state index >= 15 is 0 Å². The summed E-state index contributed by atoms with van der Waals surface area (Å²) in [6.45, 7) is 6.70. The van der Waals surface area contributed by atoms with Gasteiger partial charge in [-0.1, -0.05) is 13.0 Å². The molecule has 6 heteroatoms. The summed E-state index contributed by atoms with van der Waals surface area (Å²) in [5.74, 6) is 2.95. The molecule has 0 amide bonds. The molecule has 1 aliphatic heterocycles. The number of benzene rings is 2. The fourth-order valence-electron chi connectivity index (χ4n) is 2.78. The molecule has 0 fully saturated rings. The lowest BCUT2D eigenvalue weighted by atomic mass is 10.1. The molecule has 3 rings (SSSR count). The van der Waals surface area contributed by atoms with Gasteiger partial charge in [0.25, 0.3) is 0 Å². The maximum atomic E-state index is 6.05. The minimum atomic E-state index is 0.413. The molecule has 0 radical (unpaired) electrons. The van der Waals surface area contributed by atoms with Crippen LogP contribution in [0.15, 0.2) is 34.8 Å². The maximum absolute atomic E-state index is 6.05. The summed E-state index contributed by atoms with van der Waals surface area (Å²) in [6, 6.07) is 10.4. The first-order chi connectivity index (χ1) is 13.1. The van der Waals surface area contributed by atoms with Crippen LogP contribution in [0.2, 0.25) is 0 Å². The van der Waals surface area contributed by atoms with Gasteiger partial charge in [-0.15, -0.1) is 0 Å². The second kappa shape index (κ2) is 9.33. The van der Waals surface area contributed by atoms with Gasteiger partial charge in [0.1, 0.15) is 19.8 Å². The number of methoxy groups -OCH3 is 1. The number of hydrogen-bond donors (Lipinski definition) is 1. The number of rotatable bonds is 8. The van der Waals surface area contributed by atoms with E-state index in [1.54, 1.807) is 7.11 Å². The topological polar surface area (TPSA) is 49.0 Å². The second-order valence-corrected chi connectivity index (χ2v) is 7.42. The van der Waals surface area contributed by atoms with E-state index in [2.05, 4.69) is 41.2 Å². The third-order valence-corrected chi connectivity index (χ3v) is 5.14. The predicted molar refractivity (Wildman–Crippen MR) is 109 cm³/mol. The molecule has 1 atom stereocenters. The molecular weight excluding hydrogens is 410 g/mol. The summed E-state index contributed by atoms with van der Waals surface area (Å²) in [7, 11) is 1.66. The van der Waals surface area contributed by atoms with E-state index in [-0.39, 0.29) is 0 Å². The lowest BCUT2D eigenvalue weighted by molar-refractivity contribution is 0.171. The molecule has 1 heterocycles. The smallest absolute Gasteiger partial charge is 0.175 e. The Balaban J connectivity index is 1.70. The lowest BCUT2D eigenvalue weighted by Gasteiger charge is -2.19. The Kier molecular flexibility index (Phi) is 6.85. The van der Waals surface area contributed by atoms with Crippen LogP contribution in [0, 0.1) is 0 Å². The Bertz CT molecular complexity index is 781. The standard InChI is InChI=1S/C21H26BrNO4/c1-4-14(2)23-12-16-9-17(22)21(20(11-16)24-3)27-13-15-5-6-18-19(10-15)26-8-7-25-18/h5-6,9-11,14,23H,4,7-8,12-13H2,1-3H3. The van der Waals surface area contributed by atoms with Crippen LogP contribution in [-0.4, -0.2) is 26.4 Å². The minimum absolute atomic E-state index is 0.413. The van der Waals surface area contributed by atoms with Gasteiger partial charge in [-0.2, -0.15) is 0 Å². The average molecular weight is 436 g/mol. The average Bonchev–Trinajstić information content (AvgIpc) is 2.70. The molecule has 1 N–H and O–H groups in total. The SMILES string of the molecule is CCC(C)NCc1cc(Br)c(OCc2ccc3c(c2)OCCO3)c(OC)c1. The normalized spacial score (nSPS) is 13.9. The van der Waals surface area contributed by atoms with E-state index in [0.717, 1.165) is 40.1 Å². The Labute approximate surface area is 169 Å². The Hall–Kier alpha value is -1.92. The van der Waals surface area contributed by atoms with E-state index < -0.39 is 0 Å². The van der Waals surface area contributed by atoms with Crippen LogP contribution in [-0.2, 0) is 13.2 Å². The van der Waals surface area contributed by atoms with Crippen molar-refractivity contribution in [1.29, 1.82) is 0 Å². The summed E-state index contributed by atoms with van der Waals surface area (Å²) < 4.78 is 23.7. The van der Waals surface area contributed by atoms with Crippen molar-refractivity contribution in [3.8, 4) is 23.0 Å². The molecule has 0 aromatic heterocycles. The van der Waals surface area contributed by atoms with Gasteiger partial charge < -0.3 is 24.3 Å². The first-order valence-corrected chi connectivity index (χ1v) is 10.0. The van der Waals surface area contributed by atoms with Crippen LogP contribution in [0.4, 0.5) is 0 Å². The fraction of sp³-hybridized carbons (Fsp3) is 0.429. The van der Waals surface area contributed by atoms with Crippen molar-refractivity contribution in [3.05, 3.63) is 45.9 Å². The minimum Gasteiger partial charge on any atom is -0.493 e. The molecule has 1 aliphatic rings. The lowest BCUT2D eigenvalue weighted by Crippen LogP contribution is -2.24. The molecule has 0 aliphatic carbocycles. The van der Waals surface area contributed by atoms with Gasteiger partial charge in [-0.25, -0.2) is 0 Å². The van der Waals surface area contributed by atoms with Gasteiger partial charge in [-0.05, 0) is 64.7 Å². The van der Waals surface area contributed by atoms with Crippen molar-refractivity contribution in [1.82, 2.24) is 5.32 Å². The van der Waals surface area contributed by atoms with Gasteiger partial charge in [0, 0.05) is 12.6 Å². The number of hydrogen-bond acceptors (Lipinski definition) is 5. The summed E-state index contributed by atoms with van der Waals surface area (Å²) in [6.07, 6.45) is 1.09. The molecule has 2 aromatic carbocycles. The fourth-order valence-corrected chi connectivity index (χ4v) is 3.39. The summed E-state index contributed by atoms with van der Waals surface area (Å²) in [5, 5.41) is 3.49. The van der Waals surface area contributed by atoms with Gasteiger partial charge in [-0.3, -0.25) is 0 Å². The molecule has 5 nitrogen and oxygen atoms in total. The monoisotopic (exact) mass is 435 g/mol. The zero-order chi connectivity index (χ0) is 19.2. The van der Waals surface area contributed by atoms with Crippen LogP contribution in [0.3, 0.4) is 0 Å². The molecule has 27 heavy (non-hydrogen) atoms. The molecule has 0 spiro atoms. The summed E-state index contributed by atoms with van der Waals surface area (Å²) in [4.78, 5) is 0. The van der Waals surface area contributed by atoms with Gasteiger partial charge in [0.15, 0.2) is 23.0 Å². The maximum Gasteiger partial charge on any atom is 0.175 e. The zero-order valence-corrected chi connectivity index (χ0v) is 17.6. The van der Waals surface area contributed by atoms with Crippen LogP contribution < -0.4 is 24.3 Å². The van der Waals surface area contributed by atoms with E-state index in [4.69, 9.17) is 18.9 Å². The molecule has 2 aromatic rings. The zero-order valence-electron chi connectivity index (χ0n) is 16.0. The number of halogens is 1. The Morgan fingerprint density at radius 3 is 2.63 bits per heavy atom. The third-order valence-electron chi connectivity index (χ3n) is 4.55. The Morgan fingerprint density at radius 2 is 1.89 bits per heavy atom. The molecule has 146 valence electrons. The highest BCUT2D eigenvalue weighted by Crippen LogP contribution is 2.38. The van der Waals surface area contributed by atoms with Crippen molar-refractivity contribution in [3.63, 3.8) is 0 Å². The highest BCUT2D eigenvalue weighted by atomic mass is 79.9. The molecule has 0 saturated heterocycles. The van der Waals surface area contributed by atoms with Crippen molar-refractivity contribution in [2.45, 2.75) is 39.5 Å². The number of fused-ring (bicyclic) bond motifs is 1. The first-order valence-electron chi connectivity index (χ1n) is 9.21. The van der Waals surface area contributed by atoms with E-state index in [1.165, 1.54) is 0 Å². The quantitative estimate of drug-likeness (QED) is 0.651. The van der Waals surface area contributed by atoms with Gasteiger partial charge >= 0.3 is 0 Å². The van der Waals surface area contributed by atoms with Crippen LogP contribution in [0.5, 0.6) is 23.0 Å². The molecule has 1 unspecified atom stereocenters. The molecule has 0 saturated carbocycles. The van der Waals surface area contributed by atoms with Gasteiger partial charge in [0.2, 0.25) is 0 Å². The first kappa shape index (κ1) is 19.8. The Morgan fingerprint density at radius 1 is 1.11 bits per heavy atom. The van der Waals surface area contributed by atoms with Crippen molar-refractivity contribution in [2.24, 2.45) is 0 Å². The van der Waals surface area contributed by atoms with Crippen molar-refractivity contribution < 1.29 is 18.9 Å². The number of ether oxygens (including phenoxy) is 4. The van der Waals surface area contributed by atoms with Crippen LogP contribution in [0.25, 0.3) is 0 Å². The highest BCUT2D eigenvalue weighted by molar-refractivity contribution is 9.10.